The topological polar surface area (TPSA) is 95.3 Å². The van der Waals surface area contributed by atoms with E-state index in [2.05, 4.69) is 4.98 Å². The molecule has 0 amide bonds. The molecule has 1 aliphatic rings. The summed E-state index contributed by atoms with van der Waals surface area (Å²) >= 11 is 7.29. The van der Waals surface area contributed by atoms with Crippen LogP contribution in [0, 0.1) is 13.8 Å². The highest BCUT2D eigenvalue weighted by atomic mass is 35.5. The van der Waals surface area contributed by atoms with Crippen molar-refractivity contribution in [2.45, 2.75) is 26.3 Å². The molecule has 3 aromatic rings. The fourth-order valence-electron chi connectivity index (χ4n) is 4.00. The zero-order valence-corrected chi connectivity index (χ0v) is 19.9. The minimum absolute atomic E-state index is 0.0742. The predicted molar refractivity (Wildman–Crippen MR) is 123 cm³/mol. The van der Waals surface area contributed by atoms with Crippen molar-refractivity contribution in [2.75, 3.05) is 18.1 Å². The number of nitrogens with zero attached hydrogens (tertiary/aromatic N) is 2. The van der Waals surface area contributed by atoms with Crippen LogP contribution in [0.4, 0.5) is 0 Å². The Morgan fingerprint density at radius 3 is 2.75 bits per heavy atom. The second-order valence-electron chi connectivity index (χ2n) is 7.76. The molecule has 4 rings (SSSR count). The number of hydrogen-bond donors (Lipinski definition) is 0. The Morgan fingerprint density at radius 2 is 2.06 bits per heavy atom. The third-order valence-electron chi connectivity index (χ3n) is 5.48. The zero-order valence-electron chi connectivity index (χ0n) is 17.5. The number of aryl methyl sites for hydroxylation is 1. The minimum atomic E-state index is -3.05. The number of carbonyl (C=O) groups is 2. The summed E-state index contributed by atoms with van der Waals surface area (Å²) in [4.78, 5) is 29.4. The second kappa shape index (κ2) is 8.80. The molecule has 168 valence electrons. The van der Waals surface area contributed by atoms with Crippen LogP contribution in [0.25, 0.3) is 10.6 Å². The third kappa shape index (κ3) is 4.65. The van der Waals surface area contributed by atoms with Gasteiger partial charge in [-0.3, -0.25) is 4.79 Å². The summed E-state index contributed by atoms with van der Waals surface area (Å²) in [5, 5.41) is 2.77. The molecule has 10 heteroatoms. The lowest BCUT2D eigenvalue weighted by Crippen LogP contribution is -2.17. The fourth-order valence-corrected chi connectivity index (χ4v) is 6.68. The molecule has 32 heavy (non-hydrogen) atoms. The van der Waals surface area contributed by atoms with Crippen LogP contribution in [0.2, 0.25) is 5.02 Å². The maximum atomic E-state index is 12.7. The average molecular weight is 493 g/mol. The Morgan fingerprint density at radius 1 is 1.28 bits per heavy atom. The van der Waals surface area contributed by atoms with E-state index in [0.29, 0.717) is 27.7 Å². The smallest absolute Gasteiger partial charge is 0.358 e. The van der Waals surface area contributed by atoms with E-state index in [1.807, 2.05) is 17.6 Å². The molecule has 0 radical (unpaired) electrons. The molecule has 1 fully saturated rings. The van der Waals surface area contributed by atoms with Crippen LogP contribution < -0.4 is 0 Å². The van der Waals surface area contributed by atoms with E-state index in [1.165, 1.54) is 11.3 Å². The molecule has 0 spiro atoms. The summed E-state index contributed by atoms with van der Waals surface area (Å²) in [6.07, 6.45) is 0.528. The number of halogens is 1. The van der Waals surface area contributed by atoms with E-state index in [4.69, 9.17) is 16.3 Å². The Hall–Kier alpha value is -2.49. The van der Waals surface area contributed by atoms with Gasteiger partial charge >= 0.3 is 5.97 Å². The van der Waals surface area contributed by atoms with Crippen LogP contribution >= 0.6 is 22.9 Å². The Bertz CT molecular complexity index is 1310. The molecule has 3 heterocycles. The highest BCUT2D eigenvalue weighted by molar-refractivity contribution is 7.91. The first kappa shape index (κ1) is 22.7. The van der Waals surface area contributed by atoms with Gasteiger partial charge in [-0.25, -0.2) is 18.2 Å². The highest BCUT2D eigenvalue weighted by Gasteiger charge is 2.31. The number of benzene rings is 1. The van der Waals surface area contributed by atoms with Gasteiger partial charge in [0.05, 0.1) is 11.5 Å². The standard InChI is InChI=1S/C22H21ClN2O5S2/c1-13-8-18(14(2)25(13)17-6-7-32(28,29)12-17)20(26)10-30-22(27)19-11-31-21(24-19)15-4-3-5-16(23)9-15/h3-5,8-9,11,17H,6-7,10,12H2,1-2H3/t17-/m1/s1. The van der Waals surface area contributed by atoms with Gasteiger partial charge in [-0.2, -0.15) is 0 Å². The summed E-state index contributed by atoms with van der Waals surface area (Å²) < 4.78 is 30.8. The quantitative estimate of drug-likeness (QED) is 0.376. The van der Waals surface area contributed by atoms with Crippen molar-refractivity contribution in [2.24, 2.45) is 0 Å². The van der Waals surface area contributed by atoms with Crippen LogP contribution in [-0.2, 0) is 14.6 Å². The summed E-state index contributed by atoms with van der Waals surface area (Å²) in [5.41, 5.74) is 2.84. The van der Waals surface area contributed by atoms with E-state index >= 15 is 0 Å². The number of ketones is 1. The normalized spacial score (nSPS) is 17.4. The Balaban J connectivity index is 1.43. The number of esters is 1. The fraction of sp³-hybridized carbons (Fsp3) is 0.318. The number of carbonyl (C=O) groups excluding carboxylic acids is 2. The molecule has 2 aromatic heterocycles. The van der Waals surface area contributed by atoms with E-state index in [0.717, 1.165) is 11.3 Å². The van der Waals surface area contributed by atoms with Crippen LogP contribution in [-0.4, -0.2) is 47.8 Å². The van der Waals surface area contributed by atoms with E-state index in [9.17, 15) is 18.0 Å². The van der Waals surface area contributed by atoms with E-state index in [-0.39, 0.29) is 29.0 Å². The number of ether oxygens (including phenoxy) is 1. The average Bonchev–Trinajstić information content (AvgIpc) is 3.43. The maximum Gasteiger partial charge on any atom is 0.358 e. The van der Waals surface area contributed by atoms with Crippen LogP contribution in [0.15, 0.2) is 35.7 Å². The Kier molecular flexibility index (Phi) is 6.24. The van der Waals surface area contributed by atoms with Gasteiger partial charge in [0.15, 0.2) is 22.1 Å². The van der Waals surface area contributed by atoms with Crippen molar-refractivity contribution in [1.29, 1.82) is 0 Å². The molecule has 0 N–H and O–H groups in total. The molecule has 1 atom stereocenters. The van der Waals surface area contributed by atoms with Gasteiger partial charge in [0, 0.05) is 39.0 Å². The lowest BCUT2D eigenvalue weighted by atomic mass is 10.1. The van der Waals surface area contributed by atoms with Crippen molar-refractivity contribution in [3.8, 4) is 10.6 Å². The maximum absolute atomic E-state index is 12.7. The van der Waals surface area contributed by atoms with Crippen LogP contribution in [0.1, 0.15) is 44.7 Å². The molecule has 0 bridgehead atoms. The van der Waals surface area contributed by atoms with Gasteiger partial charge in [0.1, 0.15) is 5.01 Å². The van der Waals surface area contributed by atoms with Crippen molar-refractivity contribution >= 4 is 44.5 Å². The summed E-state index contributed by atoms with van der Waals surface area (Å²) in [6, 6.07) is 8.69. The lowest BCUT2D eigenvalue weighted by Gasteiger charge is -2.16. The molecule has 1 saturated heterocycles. The third-order valence-corrected chi connectivity index (χ3v) is 8.35. The number of rotatable bonds is 6. The SMILES string of the molecule is Cc1cc(C(=O)COC(=O)c2csc(-c3cccc(Cl)c3)n2)c(C)n1[C@@H]1CCS(=O)(=O)C1. The van der Waals surface area contributed by atoms with E-state index in [1.54, 1.807) is 36.6 Å². The van der Waals surface area contributed by atoms with Crippen LogP contribution in [0.5, 0.6) is 0 Å². The van der Waals surface area contributed by atoms with Gasteiger partial charge < -0.3 is 9.30 Å². The molecule has 0 aliphatic carbocycles. The Labute approximate surface area is 194 Å². The molecular weight excluding hydrogens is 472 g/mol. The molecular formula is C22H21ClN2O5S2. The number of hydrogen-bond acceptors (Lipinski definition) is 7. The van der Waals surface area contributed by atoms with Crippen molar-refractivity contribution in [3.05, 3.63) is 63.4 Å². The molecule has 1 aliphatic heterocycles. The number of Topliss-reactive ketones (excluding diaryl/α,β-unsaturated/α-hetero) is 1. The molecule has 1 aromatic carbocycles. The van der Waals surface area contributed by atoms with Crippen molar-refractivity contribution in [3.63, 3.8) is 0 Å². The van der Waals surface area contributed by atoms with Gasteiger partial charge in [0.2, 0.25) is 5.78 Å². The highest BCUT2D eigenvalue weighted by Crippen LogP contribution is 2.30. The number of thiazole rings is 1. The molecule has 7 nitrogen and oxygen atoms in total. The number of aromatic nitrogens is 2. The first-order chi connectivity index (χ1) is 15.1. The summed E-state index contributed by atoms with van der Waals surface area (Å²) in [7, 11) is -3.05. The summed E-state index contributed by atoms with van der Waals surface area (Å²) in [5.74, 6) is -0.798. The zero-order chi connectivity index (χ0) is 23.0. The second-order valence-corrected chi connectivity index (χ2v) is 11.3. The lowest BCUT2D eigenvalue weighted by molar-refractivity contribution is 0.0469. The van der Waals surface area contributed by atoms with Gasteiger partial charge in [0.25, 0.3) is 0 Å². The monoisotopic (exact) mass is 492 g/mol. The first-order valence-electron chi connectivity index (χ1n) is 9.95. The van der Waals surface area contributed by atoms with Crippen LogP contribution in [0.3, 0.4) is 0 Å². The molecule has 0 unspecified atom stereocenters. The first-order valence-corrected chi connectivity index (χ1v) is 13.0. The number of sulfone groups is 1. The van der Waals surface area contributed by atoms with Gasteiger partial charge in [-0.1, -0.05) is 23.7 Å². The van der Waals surface area contributed by atoms with Crippen molar-refractivity contribution in [1.82, 2.24) is 9.55 Å². The summed E-state index contributed by atoms with van der Waals surface area (Å²) in [6.45, 7) is 3.20. The van der Waals surface area contributed by atoms with E-state index < -0.39 is 22.4 Å². The van der Waals surface area contributed by atoms with Gasteiger partial charge in [-0.15, -0.1) is 11.3 Å². The largest absolute Gasteiger partial charge is 0.453 e. The predicted octanol–water partition coefficient (Wildman–Crippen LogP) is 4.28. The minimum Gasteiger partial charge on any atom is -0.453 e. The molecule has 0 saturated carbocycles. The van der Waals surface area contributed by atoms with Crippen molar-refractivity contribution < 1.29 is 22.7 Å². The van der Waals surface area contributed by atoms with Gasteiger partial charge in [-0.05, 0) is 38.5 Å².